The summed E-state index contributed by atoms with van der Waals surface area (Å²) in [5, 5.41) is 35.6. The molecule has 214 valence electrons. The van der Waals surface area contributed by atoms with Crippen molar-refractivity contribution < 1.29 is 28.8 Å². The van der Waals surface area contributed by atoms with Crippen molar-refractivity contribution in [3.63, 3.8) is 0 Å². The molecule has 1 atom stereocenters. The highest BCUT2D eigenvalue weighted by molar-refractivity contribution is 6.43. The molecule has 4 N–H and O–H groups in total. The Kier molecular flexibility index (Phi) is 10.6. The molecule has 1 unspecified atom stereocenters. The first-order valence-corrected chi connectivity index (χ1v) is 13.8. The number of urea groups is 1. The average Bonchev–Trinajstić information content (AvgIpc) is 3.39. The molecule has 3 aromatic rings. The highest BCUT2D eigenvalue weighted by Gasteiger charge is 2.28. The fourth-order valence-electron chi connectivity index (χ4n) is 5.06. The molecule has 41 heavy (non-hydrogen) atoms. The zero-order valence-corrected chi connectivity index (χ0v) is 23.1. The Hall–Kier alpha value is -4.11. The summed E-state index contributed by atoms with van der Waals surface area (Å²) >= 11 is 0. The summed E-state index contributed by atoms with van der Waals surface area (Å²) in [6, 6.07) is 16.4. The maximum absolute atomic E-state index is 13.1. The first-order valence-electron chi connectivity index (χ1n) is 13.8. The van der Waals surface area contributed by atoms with Gasteiger partial charge >= 0.3 is 13.1 Å². The van der Waals surface area contributed by atoms with Gasteiger partial charge in [0.05, 0.1) is 12.2 Å². The van der Waals surface area contributed by atoms with Crippen molar-refractivity contribution in [2.75, 3.05) is 26.3 Å². The van der Waals surface area contributed by atoms with Crippen molar-refractivity contribution in [2.45, 2.75) is 44.6 Å². The van der Waals surface area contributed by atoms with Gasteiger partial charge in [-0.1, -0.05) is 42.5 Å². The number of carbonyl (C=O) groups excluding carboxylic acids is 2. The number of fused-ring (bicyclic) bond motifs is 1. The molecular weight excluding hydrogens is 523 g/mol. The minimum Gasteiger partial charge on any atom is -0.464 e. The Labute approximate surface area is 239 Å². The van der Waals surface area contributed by atoms with Crippen LogP contribution in [0.3, 0.4) is 0 Å². The van der Waals surface area contributed by atoms with Gasteiger partial charge in [0.15, 0.2) is 0 Å². The van der Waals surface area contributed by atoms with Crippen molar-refractivity contribution in [1.29, 1.82) is 5.26 Å². The van der Waals surface area contributed by atoms with Crippen LogP contribution in [0.4, 0.5) is 4.79 Å². The lowest BCUT2D eigenvalue weighted by molar-refractivity contribution is -0.130. The number of likely N-dealkylation sites (N-methyl/N-ethyl adjacent to an activating group) is 1. The van der Waals surface area contributed by atoms with Crippen molar-refractivity contribution in [3.05, 3.63) is 77.1 Å². The third kappa shape index (κ3) is 7.98. The summed E-state index contributed by atoms with van der Waals surface area (Å²) in [5.74, 6) is -1.22. The number of hydrogen-bond acceptors (Lipinski definition) is 7. The predicted molar refractivity (Wildman–Crippen MR) is 155 cm³/mol. The number of para-hydroxylation sites is 1. The van der Waals surface area contributed by atoms with Crippen LogP contribution in [0, 0.1) is 11.3 Å². The molecule has 1 aliphatic rings. The van der Waals surface area contributed by atoms with Crippen LogP contribution >= 0.6 is 0 Å². The highest BCUT2D eigenvalue weighted by Crippen LogP contribution is 2.22. The lowest BCUT2D eigenvalue weighted by Crippen LogP contribution is -2.51. The molecule has 1 fully saturated rings. The third-order valence-corrected chi connectivity index (χ3v) is 7.22. The van der Waals surface area contributed by atoms with Crippen LogP contribution in [0.15, 0.2) is 64.8 Å². The lowest BCUT2D eigenvalue weighted by Gasteiger charge is -2.33. The van der Waals surface area contributed by atoms with E-state index >= 15 is 0 Å². The Morgan fingerprint density at radius 2 is 1.98 bits per heavy atom. The Balaban J connectivity index is 1.32. The average molecular weight is 558 g/mol. The summed E-state index contributed by atoms with van der Waals surface area (Å²) < 4.78 is 10.9. The van der Waals surface area contributed by atoms with Gasteiger partial charge in [-0.3, -0.25) is 4.79 Å². The molecule has 1 aliphatic heterocycles. The molecule has 3 amide bonds. The molecular formula is C30H35BN4O6. The normalized spacial score (nSPS) is 14.7. The van der Waals surface area contributed by atoms with E-state index in [9.17, 15) is 24.9 Å². The Morgan fingerprint density at radius 1 is 1.20 bits per heavy atom. The number of nitriles is 1. The van der Waals surface area contributed by atoms with Gasteiger partial charge in [-0.05, 0) is 61.4 Å². The highest BCUT2D eigenvalue weighted by atomic mass is 16.5. The fraction of sp³-hybridized carbons (Fsp3) is 0.367. The zero-order valence-electron chi connectivity index (χ0n) is 23.1. The number of hydrogen-bond donors (Lipinski definition) is 4. The number of benzene rings is 2. The minimum atomic E-state index is -1.76. The second-order valence-electron chi connectivity index (χ2n) is 9.98. The second-order valence-corrected chi connectivity index (χ2v) is 9.98. The van der Waals surface area contributed by atoms with Crippen LogP contribution in [0.5, 0.6) is 0 Å². The molecule has 0 bridgehead atoms. The largest absolute Gasteiger partial charge is 0.475 e. The van der Waals surface area contributed by atoms with E-state index in [0.29, 0.717) is 38.3 Å². The molecule has 4 rings (SSSR count). The van der Waals surface area contributed by atoms with Crippen LogP contribution in [-0.4, -0.2) is 72.3 Å². The molecule has 1 aromatic heterocycles. The molecule has 10 nitrogen and oxygen atoms in total. The van der Waals surface area contributed by atoms with E-state index in [4.69, 9.17) is 9.15 Å². The Bertz CT molecular complexity index is 1410. The van der Waals surface area contributed by atoms with Gasteiger partial charge in [0.1, 0.15) is 17.2 Å². The van der Waals surface area contributed by atoms with E-state index in [1.54, 1.807) is 17.2 Å². The monoisotopic (exact) mass is 558 g/mol. The van der Waals surface area contributed by atoms with E-state index < -0.39 is 19.1 Å². The maximum atomic E-state index is 13.1. The summed E-state index contributed by atoms with van der Waals surface area (Å²) in [7, 11) is -1.76. The predicted octanol–water partition coefficient (Wildman–Crippen LogP) is 2.83. The number of nitrogens with zero attached hydrogens (tertiary/aromatic N) is 2. The van der Waals surface area contributed by atoms with Gasteiger partial charge in [0.2, 0.25) is 0 Å². The smallest absolute Gasteiger partial charge is 0.464 e. The first-order chi connectivity index (χ1) is 19.9. The number of ether oxygens (including phenoxy) is 1. The van der Waals surface area contributed by atoms with Gasteiger partial charge in [-0.25, -0.2) is 4.79 Å². The minimum absolute atomic E-state index is 0.0622. The third-order valence-electron chi connectivity index (χ3n) is 7.22. The topological polar surface area (TPSA) is 148 Å². The van der Waals surface area contributed by atoms with E-state index in [-0.39, 0.29) is 23.9 Å². The number of carbonyl (C=O) groups is 2. The quantitative estimate of drug-likeness (QED) is 0.161. The summed E-state index contributed by atoms with van der Waals surface area (Å²) in [6.07, 6.45) is 5.34. The molecule has 11 heteroatoms. The van der Waals surface area contributed by atoms with E-state index in [0.717, 1.165) is 34.9 Å². The molecule has 2 aromatic carbocycles. The van der Waals surface area contributed by atoms with E-state index in [1.165, 1.54) is 0 Å². The summed E-state index contributed by atoms with van der Waals surface area (Å²) in [5.41, 5.74) is 3.14. The van der Waals surface area contributed by atoms with E-state index in [1.807, 2.05) is 55.5 Å². The van der Waals surface area contributed by atoms with E-state index in [2.05, 4.69) is 16.7 Å². The number of furan rings is 1. The number of amides is 3. The van der Waals surface area contributed by atoms with Gasteiger partial charge < -0.3 is 34.7 Å². The van der Waals surface area contributed by atoms with Crippen molar-refractivity contribution in [1.82, 2.24) is 15.5 Å². The van der Waals surface area contributed by atoms with Crippen LogP contribution in [0.2, 0.25) is 0 Å². The van der Waals surface area contributed by atoms with Gasteiger partial charge in [0.25, 0.3) is 5.91 Å². The molecule has 2 heterocycles. The molecule has 0 radical (unpaired) electrons. The van der Waals surface area contributed by atoms with Crippen molar-refractivity contribution in [2.24, 2.45) is 0 Å². The zero-order chi connectivity index (χ0) is 29.2. The number of nitrogens with one attached hydrogen (secondary N) is 2. The van der Waals surface area contributed by atoms with Crippen molar-refractivity contribution in [3.8, 4) is 6.07 Å². The molecule has 0 saturated carbocycles. The van der Waals surface area contributed by atoms with Gasteiger partial charge in [0, 0.05) is 37.7 Å². The van der Waals surface area contributed by atoms with Crippen LogP contribution in [-0.2, 0) is 22.4 Å². The molecule has 1 saturated heterocycles. The standard InChI is InChI=1S/C30H35BN4O6/c1-2-35(25-11-14-40-15-12-25)29(36)23(19-32)17-22-7-5-6-21(16-22)10-13-33-30(37)34-28(31(38)39)18-24-20-41-27-9-4-3-8-26(24)27/h3-9,16-17,20,25,28,38-39H,2,10-15,18H2,1H3,(H2,33,34,37). The number of rotatable bonds is 11. The first kappa shape index (κ1) is 29.9. The van der Waals surface area contributed by atoms with Crippen LogP contribution in [0.25, 0.3) is 17.0 Å². The van der Waals surface area contributed by atoms with Crippen LogP contribution in [0.1, 0.15) is 36.5 Å². The molecule has 0 aliphatic carbocycles. The van der Waals surface area contributed by atoms with Gasteiger partial charge in [-0.2, -0.15) is 5.26 Å². The Morgan fingerprint density at radius 3 is 2.71 bits per heavy atom. The maximum Gasteiger partial charge on any atom is 0.475 e. The summed E-state index contributed by atoms with van der Waals surface area (Å²) in [6.45, 7) is 3.94. The van der Waals surface area contributed by atoms with Crippen molar-refractivity contribution >= 4 is 36.1 Å². The molecule has 0 spiro atoms. The van der Waals surface area contributed by atoms with Crippen LogP contribution < -0.4 is 10.6 Å². The summed E-state index contributed by atoms with van der Waals surface area (Å²) in [4.78, 5) is 27.4. The van der Waals surface area contributed by atoms with Gasteiger partial charge in [-0.15, -0.1) is 0 Å². The SMILES string of the molecule is CCN(C(=O)C(C#N)=Cc1cccc(CCNC(=O)NC(Cc2coc3ccccc23)B(O)O)c1)C1CCOCC1. The lowest BCUT2D eigenvalue weighted by atomic mass is 9.76. The fourth-order valence-corrected chi connectivity index (χ4v) is 5.06. The second kappa shape index (κ2) is 14.5.